The first kappa shape index (κ1) is 23.7. The molecule has 0 fully saturated rings. The summed E-state index contributed by atoms with van der Waals surface area (Å²) < 4.78 is 0. The van der Waals surface area contributed by atoms with Crippen molar-refractivity contribution in [3.05, 3.63) is 54.6 Å². The van der Waals surface area contributed by atoms with Crippen molar-refractivity contribution in [3.8, 4) is 0 Å². The second-order valence-electron chi connectivity index (χ2n) is 7.85. The molecular weight excluding hydrogens is 426 g/mol. The van der Waals surface area contributed by atoms with Crippen molar-refractivity contribution < 1.29 is 19.8 Å². The molecule has 170 valence electrons. The number of carboxylic acid groups (broad SMARTS) is 2. The summed E-state index contributed by atoms with van der Waals surface area (Å²) in [5.74, 6) is -2.51. The number of para-hydroxylation sites is 2. The minimum atomic E-state index is -1.26. The molecule has 2 aromatic rings. The third-order valence-electron chi connectivity index (χ3n) is 5.18. The maximum atomic E-state index is 9.55. The summed E-state index contributed by atoms with van der Waals surface area (Å²) in [4.78, 5) is 29.3. The number of anilines is 3. The van der Waals surface area contributed by atoms with E-state index in [-0.39, 0.29) is 0 Å². The molecule has 7 nitrogen and oxygen atoms in total. The predicted octanol–water partition coefficient (Wildman–Crippen LogP) is 4.16. The van der Waals surface area contributed by atoms with Crippen molar-refractivity contribution in [1.82, 2.24) is 4.90 Å². The summed E-state index contributed by atoms with van der Waals surface area (Å²) in [6.07, 6.45) is 3.53. The maximum absolute atomic E-state index is 9.55. The molecule has 2 N–H and O–H groups in total. The van der Waals surface area contributed by atoms with Gasteiger partial charge in [-0.3, -0.25) is 0 Å². The first-order valence-electron chi connectivity index (χ1n) is 10.6. The molecule has 4 rings (SSSR count). The van der Waals surface area contributed by atoms with Gasteiger partial charge in [-0.2, -0.15) is 0 Å². The van der Waals surface area contributed by atoms with Gasteiger partial charge in [-0.25, -0.2) is 9.59 Å². The molecule has 0 aromatic heterocycles. The minimum Gasteiger partial charge on any atom is -0.478 e. The number of rotatable bonds is 6. The highest BCUT2D eigenvalue weighted by molar-refractivity contribution is 7.99. The molecule has 0 saturated heterocycles. The van der Waals surface area contributed by atoms with Gasteiger partial charge in [0.1, 0.15) is 0 Å². The third kappa shape index (κ3) is 6.05. The average molecular weight is 456 g/mol. The van der Waals surface area contributed by atoms with Crippen molar-refractivity contribution in [1.29, 1.82) is 0 Å². The molecule has 2 aromatic carbocycles. The van der Waals surface area contributed by atoms with E-state index in [1.54, 1.807) is 0 Å². The van der Waals surface area contributed by atoms with Crippen molar-refractivity contribution in [3.63, 3.8) is 0 Å². The average Bonchev–Trinajstić information content (AvgIpc) is 2.94. The van der Waals surface area contributed by atoms with Gasteiger partial charge < -0.3 is 24.9 Å². The number of hydrogen-bond donors (Lipinski definition) is 2. The lowest BCUT2D eigenvalue weighted by atomic mass is 10.2. The van der Waals surface area contributed by atoms with E-state index in [0.29, 0.717) is 12.2 Å². The molecule has 2 aliphatic heterocycles. The molecular formula is C24H29N3O4S. The number of carbonyl (C=O) groups is 2. The molecule has 0 unspecified atom stereocenters. The Balaban J connectivity index is 0.000000312. The summed E-state index contributed by atoms with van der Waals surface area (Å²) in [6, 6.07) is 15.6. The number of fused-ring (bicyclic) bond motifs is 2. The lowest BCUT2D eigenvalue weighted by Crippen LogP contribution is -2.27. The Labute approximate surface area is 192 Å². The van der Waals surface area contributed by atoms with Crippen LogP contribution in [0.15, 0.2) is 64.4 Å². The second-order valence-corrected chi connectivity index (χ2v) is 8.94. The summed E-state index contributed by atoms with van der Waals surface area (Å²) in [7, 11) is 4.31. The van der Waals surface area contributed by atoms with Gasteiger partial charge in [-0.05, 0) is 57.7 Å². The Morgan fingerprint density at radius 3 is 2.31 bits per heavy atom. The molecule has 0 amide bonds. The fraction of sp³-hybridized carbons (Fsp3) is 0.333. The van der Waals surface area contributed by atoms with Crippen LogP contribution in [0.4, 0.5) is 17.1 Å². The lowest BCUT2D eigenvalue weighted by molar-refractivity contribution is -0.134. The zero-order valence-corrected chi connectivity index (χ0v) is 19.2. The van der Waals surface area contributed by atoms with Crippen LogP contribution in [-0.4, -0.2) is 67.3 Å². The highest BCUT2D eigenvalue weighted by atomic mass is 32.2. The van der Waals surface area contributed by atoms with Gasteiger partial charge in [0.05, 0.1) is 17.1 Å². The van der Waals surface area contributed by atoms with Crippen molar-refractivity contribution >= 4 is 40.8 Å². The van der Waals surface area contributed by atoms with Crippen LogP contribution in [0.2, 0.25) is 0 Å². The largest absolute Gasteiger partial charge is 0.478 e. The van der Waals surface area contributed by atoms with Gasteiger partial charge in [0, 0.05) is 41.6 Å². The zero-order chi connectivity index (χ0) is 23.1. The van der Waals surface area contributed by atoms with E-state index in [4.69, 9.17) is 10.2 Å². The van der Waals surface area contributed by atoms with E-state index in [2.05, 4.69) is 71.3 Å². The quantitative estimate of drug-likeness (QED) is 0.628. The summed E-state index contributed by atoms with van der Waals surface area (Å²) in [6.45, 7) is 4.53. The van der Waals surface area contributed by atoms with Gasteiger partial charge in [0.2, 0.25) is 0 Å². The van der Waals surface area contributed by atoms with Gasteiger partial charge in [0.15, 0.2) is 0 Å². The Hall–Kier alpha value is -2.97. The Morgan fingerprint density at radius 2 is 1.62 bits per heavy atom. The molecule has 0 atom stereocenters. The first-order valence-corrected chi connectivity index (χ1v) is 11.4. The standard InChI is InChI=1S/C20H25N3S.C4H4O4/c1-21(2)12-6-13-22-14-7-15-23-16-8-3-4-10-18(16)24-19-11-5-9-17(22)20(19)23;5-3(6)1-2-4(7)8/h3-5,8-11H,6-7,12-15H2,1-2H3;1-2H,(H,5,6)(H,7,8)/b;2-1-. The molecule has 8 heteroatoms. The normalized spacial score (nSPS) is 14.3. The van der Waals surface area contributed by atoms with Gasteiger partial charge in [-0.15, -0.1) is 0 Å². The van der Waals surface area contributed by atoms with Crippen molar-refractivity contribution in [2.45, 2.75) is 22.6 Å². The highest BCUT2D eigenvalue weighted by Crippen LogP contribution is 2.52. The summed E-state index contributed by atoms with van der Waals surface area (Å²) in [5, 5.41) is 15.6. The fourth-order valence-electron chi connectivity index (χ4n) is 3.85. The lowest BCUT2D eigenvalue weighted by Gasteiger charge is -2.34. The number of nitrogens with zero attached hydrogens (tertiary/aromatic N) is 3. The molecule has 2 heterocycles. The molecule has 0 spiro atoms. The first-order chi connectivity index (χ1) is 15.4. The molecule has 0 aliphatic carbocycles. The van der Waals surface area contributed by atoms with Crippen LogP contribution < -0.4 is 9.80 Å². The maximum Gasteiger partial charge on any atom is 0.328 e. The predicted molar refractivity (Wildman–Crippen MR) is 128 cm³/mol. The van der Waals surface area contributed by atoms with Crippen LogP contribution in [-0.2, 0) is 9.59 Å². The van der Waals surface area contributed by atoms with Crippen LogP contribution in [0.1, 0.15) is 12.8 Å². The van der Waals surface area contributed by atoms with E-state index in [0.717, 1.165) is 26.2 Å². The van der Waals surface area contributed by atoms with E-state index in [1.807, 2.05) is 11.8 Å². The van der Waals surface area contributed by atoms with Crippen LogP contribution in [0.3, 0.4) is 0 Å². The zero-order valence-electron chi connectivity index (χ0n) is 18.4. The van der Waals surface area contributed by atoms with E-state index in [1.165, 1.54) is 39.7 Å². The van der Waals surface area contributed by atoms with Crippen molar-refractivity contribution in [2.24, 2.45) is 0 Å². The molecule has 32 heavy (non-hydrogen) atoms. The topological polar surface area (TPSA) is 84.3 Å². The number of aliphatic carboxylic acids is 2. The Kier molecular flexibility index (Phi) is 8.19. The Morgan fingerprint density at radius 1 is 0.969 bits per heavy atom. The van der Waals surface area contributed by atoms with E-state index in [9.17, 15) is 9.59 Å². The van der Waals surface area contributed by atoms with Gasteiger partial charge >= 0.3 is 11.9 Å². The van der Waals surface area contributed by atoms with Crippen molar-refractivity contribution in [2.75, 3.05) is 50.1 Å². The molecule has 0 saturated carbocycles. The summed E-state index contributed by atoms with van der Waals surface area (Å²) in [5.41, 5.74) is 4.20. The minimum absolute atomic E-state index is 0.558. The van der Waals surface area contributed by atoms with Crippen LogP contribution in [0.25, 0.3) is 0 Å². The molecule has 0 radical (unpaired) electrons. The Bertz CT molecular complexity index is 977. The third-order valence-corrected chi connectivity index (χ3v) is 6.29. The number of carboxylic acids is 2. The number of benzene rings is 2. The number of hydrogen-bond acceptors (Lipinski definition) is 6. The highest BCUT2D eigenvalue weighted by Gasteiger charge is 2.29. The van der Waals surface area contributed by atoms with E-state index >= 15 is 0 Å². The fourth-order valence-corrected chi connectivity index (χ4v) is 4.97. The van der Waals surface area contributed by atoms with Crippen LogP contribution in [0.5, 0.6) is 0 Å². The van der Waals surface area contributed by atoms with E-state index < -0.39 is 11.9 Å². The van der Waals surface area contributed by atoms with Gasteiger partial charge in [-0.1, -0.05) is 30.0 Å². The van der Waals surface area contributed by atoms with Crippen LogP contribution in [0, 0.1) is 0 Å². The monoisotopic (exact) mass is 455 g/mol. The molecule has 2 aliphatic rings. The van der Waals surface area contributed by atoms with Crippen LogP contribution >= 0.6 is 11.8 Å². The van der Waals surface area contributed by atoms with Gasteiger partial charge in [0.25, 0.3) is 0 Å². The summed E-state index contributed by atoms with van der Waals surface area (Å²) >= 11 is 1.91. The second kappa shape index (κ2) is 11.1. The molecule has 0 bridgehead atoms. The smallest absolute Gasteiger partial charge is 0.328 e. The SMILES string of the molecule is CN(C)CCCN1CCCN2c3ccccc3Sc3cccc1c32.O=C(O)/C=C\C(=O)O.